The average molecular weight is 819 g/mol. The van der Waals surface area contributed by atoms with Gasteiger partial charge in [0, 0.05) is 6.54 Å². The molecule has 0 bridgehead atoms. The number of aromatic amines is 1. The topological polar surface area (TPSA) is 174 Å². The maximum Gasteiger partial charge on any atom is 0.408 e. The van der Waals surface area contributed by atoms with E-state index in [0.29, 0.717) is 51.1 Å². The molecule has 0 aromatic carbocycles. The molecule has 0 saturated carbocycles. The molecule has 0 unspecified atom stereocenters. The predicted molar refractivity (Wildman–Crippen MR) is 186 cm³/mol. The van der Waals surface area contributed by atoms with Gasteiger partial charge in [-0.15, -0.1) is 0 Å². The highest BCUT2D eigenvalue weighted by atomic mass is 127. The van der Waals surface area contributed by atoms with Crippen LogP contribution < -0.4 is 44.5 Å². The fraction of sp³-hybridized carbons (Fsp3) is 0.714. The fourth-order valence-electron chi connectivity index (χ4n) is 4.58. The van der Waals surface area contributed by atoms with Crippen LogP contribution in [0.1, 0.15) is 115 Å². The number of fused-ring (bicyclic) bond motifs is 1. The Balaban J connectivity index is 0.0000125. The number of anilines is 1. The summed E-state index contributed by atoms with van der Waals surface area (Å²) in [5.74, 6) is -0.467. The molecule has 2 rings (SSSR count). The van der Waals surface area contributed by atoms with Gasteiger partial charge in [-0.25, -0.2) is 23.7 Å². The second-order valence-corrected chi connectivity index (χ2v) is 16.1. The Morgan fingerprint density at radius 3 is 1.64 bits per heavy atom. The highest BCUT2D eigenvalue weighted by Crippen LogP contribution is 2.16. The standard InChI is InChI=1S/C35H58N6O8.HI/c1-32(2,3)46-27(42)24(38-30(44)48-34(7,8)9)17-13-14-21-41-22-16-19-23-26(41)40-29(37-23)36-20-15-18-25(28(43)47-33(4,5)6)39-31(45)49-35(10,11)12;/h16,19,22,24-25H,13-15,17-18,20-21H2,1-12H3,(H3,36,37,38,39,44,45);1H/t24-,25-;/m0./s1. The van der Waals surface area contributed by atoms with E-state index < -0.39 is 58.6 Å². The Bertz CT molecular complexity index is 1420. The third kappa shape index (κ3) is 18.0. The number of esters is 2. The largest absolute Gasteiger partial charge is 1.00 e. The molecule has 15 heteroatoms. The van der Waals surface area contributed by atoms with Crippen LogP contribution >= 0.6 is 0 Å². The summed E-state index contributed by atoms with van der Waals surface area (Å²) in [4.78, 5) is 58.5. The SMILES string of the molecule is CC(C)(C)OC(=O)N[C@@H](CCCC[n+]1cccc2[nH]c(NCCC[C@H](NC(=O)OC(C)(C)C)C(=O)OC(C)(C)C)nc21)C(=O)OC(C)(C)C.[I-]. The molecule has 0 aliphatic rings. The highest BCUT2D eigenvalue weighted by Gasteiger charge is 2.30. The van der Waals surface area contributed by atoms with Crippen molar-refractivity contribution in [1.82, 2.24) is 20.6 Å². The van der Waals surface area contributed by atoms with Gasteiger partial charge >= 0.3 is 35.7 Å². The number of H-pyrrole nitrogens is 1. The number of carbonyl (C=O) groups excluding carboxylic acids is 4. The van der Waals surface area contributed by atoms with Gasteiger partial charge in [0.1, 0.15) is 40.0 Å². The van der Waals surface area contributed by atoms with E-state index >= 15 is 0 Å². The third-order valence-corrected chi connectivity index (χ3v) is 6.38. The van der Waals surface area contributed by atoms with Crippen LogP contribution in [0.2, 0.25) is 0 Å². The average Bonchev–Trinajstić information content (AvgIpc) is 3.31. The zero-order valence-electron chi connectivity index (χ0n) is 31.9. The number of hydrogen-bond donors (Lipinski definition) is 4. The molecule has 0 spiro atoms. The molecule has 0 radical (unpaired) electrons. The third-order valence-electron chi connectivity index (χ3n) is 6.38. The van der Waals surface area contributed by atoms with Gasteiger partial charge in [0.05, 0.1) is 12.7 Å². The monoisotopic (exact) mass is 818 g/mol. The second-order valence-electron chi connectivity index (χ2n) is 16.1. The minimum Gasteiger partial charge on any atom is -1.00 e. The molecule has 14 nitrogen and oxygen atoms in total. The van der Waals surface area contributed by atoms with Gasteiger partial charge in [0.2, 0.25) is 0 Å². The van der Waals surface area contributed by atoms with Gasteiger partial charge in [-0.2, -0.15) is 0 Å². The predicted octanol–water partition coefficient (Wildman–Crippen LogP) is 2.69. The lowest BCUT2D eigenvalue weighted by atomic mass is 10.1. The van der Waals surface area contributed by atoms with Crippen LogP contribution in [0.5, 0.6) is 0 Å². The van der Waals surface area contributed by atoms with Crippen molar-refractivity contribution in [2.75, 3.05) is 11.9 Å². The molecule has 2 atom stereocenters. The number of rotatable bonds is 14. The van der Waals surface area contributed by atoms with E-state index in [2.05, 4.69) is 20.9 Å². The molecule has 4 N–H and O–H groups in total. The van der Waals surface area contributed by atoms with Crippen LogP contribution in [0.4, 0.5) is 15.5 Å². The lowest BCUT2D eigenvalue weighted by Gasteiger charge is -2.26. The molecule has 2 amide bonds. The van der Waals surface area contributed by atoms with E-state index in [1.54, 1.807) is 83.1 Å². The summed E-state index contributed by atoms with van der Waals surface area (Å²) in [5.41, 5.74) is -1.22. The van der Waals surface area contributed by atoms with Crippen LogP contribution in [0, 0.1) is 0 Å². The van der Waals surface area contributed by atoms with E-state index in [9.17, 15) is 19.2 Å². The Hall–Kier alpha value is -3.37. The van der Waals surface area contributed by atoms with Gasteiger partial charge in [0.15, 0.2) is 0 Å². The van der Waals surface area contributed by atoms with Gasteiger partial charge in [-0.3, -0.25) is 4.98 Å². The molecular weight excluding hydrogens is 759 g/mol. The summed E-state index contributed by atoms with van der Waals surface area (Å²) < 4.78 is 23.8. The van der Waals surface area contributed by atoms with Gasteiger partial charge in [0.25, 0.3) is 0 Å². The zero-order valence-corrected chi connectivity index (χ0v) is 34.0. The molecule has 2 heterocycles. The van der Waals surface area contributed by atoms with Crippen molar-refractivity contribution in [3.8, 4) is 0 Å². The first-order valence-corrected chi connectivity index (χ1v) is 17.0. The van der Waals surface area contributed by atoms with Crippen LogP contribution in [0.25, 0.3) is 11.2 Å². The summed E-state index contributed by atoms with van der Waals surface area (Å²) in [6.45, 7) is 22.3. The lowest BCUT2D eigenvalue weighted by Crippen LogP contribution is -3.00. The number of pyridine rings is 1. The number of aromatic nitrogens is 3. The van der Waals surface area contributed by atoms with E-state index in [4.69, 9.17) is 23.9 Å². The van der Waals surface area contributed by atoms with Crippen LogP contribution in [0.15, 0.2) is 18.3 Å². The maximum atomic E-state index is 12.9. The van der Waals surface area contributed by atoms with Crippen molar-refractivity contribution in [3.63, 3.8) is 0 Å². The van der Waals surface area contributed by atoms with Crippen molar-refractivity contribution in [1.29, 1.82) is 0 Å². The smallest absolute Gasteiger partial charge is 0.408 e. The number of carbonyl (C=O) groups is 4. The molecule has 2 aromatic heterocycles. The number of halogens is 1. The summed E-state index contributed by atoms with van der Waals surface area (Å²) in [5, 5.41) is 8.58. The molecule has 0 saturated heterocycles. The van der Waals surface area contributed by atoms with E-state index in [1.807, 2.05) is 22.9 Å². The number of aryl methyl sites for hydroxylation is 1. The van der Waals surface area contributed by atoms with Crippen LogP contribution in [-0.4, -0.2) is 75.1 Å². The van der Waals surface area contributed by atoms with E-state index in [1.165, 1.54) is 0 Å². The number of nitrogens with one attached hydrogen (secondary N) is 4. The zero-order chi connectivity index (χ0) is 37.2. The number of amides is 2. The highest BCUT2D eigenvalue weighted by molar-refractivity contribution is 5.82. The van der Waals surface area contributed by atoms with Crippen molar-refractivity contribution in [2.45, 2.75) is 156 Å². The number of unbranched alkanes of at least 4 members (excludes halogenated alkanes) is 1. The Morgan fingerprint density at radius 1 is 0.720 bits per heavy atom. The number of nitrogens with zero attached hydrogens (tertiary/aromatic N) is 2. The molecule has 0 aliphatic carbocycles. The summed E-state index contributed by atoms with van der Waals surface area (Å²) in [6, 6.07) is 2.13. The summed E-state index contributed by atoms with van der Waals surface area (Å²) in [7, 11) is 0. The molecule has 50 heavy (non-hydrogen) atoms. The van der Waals surface area contributed by atoms with Crippen LogP contribution in [0.3, 0.4) is 0 Å². The van der Waals surface area contributed by atoms with Crippen molar-refractivity contribution >= 4 is 41.2 Å². The molecule has 0 aliphatic heterocycles. The van der Waals surface area contributed by atoms with Crippen LogP contribution in [-0.2, 0) is 35.1 Å². The lowest BCUT2D eigenvalue weighted by molar-refractivity contribution is -0.673. The Kier molecular flexibility index (Phi) is 16.7. The Labute approximate surface area is 313 Å². The maximum absolute atomic E-state index is 12.9. The van der Waals surface area contributed by atoms with Gasteiger partial charge in [-0.1, -0.05) is 0 Å². The van der Waals surface area contributed by atoms with Crippen molar-refractivity contribution in [2.24, 2.45) is 0 Å². The minimum atomic E-state index is -0.872. The summed E-state index contributed by atoms with van der Waals surface area (Å²) in [6.07, 6.45) is 3.18. The number of hydrogen-bond acceptors (Lipinski definition) is 10. The summed E-state index contributed by atoms with van der Waals surface area (Å²) >= 11 is 0. The normalized spacial score (nSPS) is 13.4. The molecule has 284 valence electrons. The molecular formula is C35H59IN6O8. The van der Waals surface area contributed by atoms with Crippen molar-refractivity contribution in [3.05, 3.63) is 18.3 Å². The number of imidazole rings is 1. The van der Waals surface area contributed by atoms with E-state index in [0.717, 1.165) is 11.2 Å². The first kappa shape index (κ1) is 44.7. The number of alkyl carbamates (subject to hydrolysis) is 2. The minimum absolute atomic E-state index is 0. The molecule has 2 aromatic rings. The Morgan fingerprint density at radius 2 is 1.18 bits per heavy atom. The first-order valence-electron chi connectivity index (χ1n) is 17.0. The quantitative estimate of drug-likeness (QED) is 0.0731. The fourth-order valence-corrected chi connectivity index (χ4v) is 4.58. The van der Waals surface area contributed by atoms with Crippen molar-refractivity contribution < 1.29 is 66.7 Å². The van der Waals surface area contributed by atoms with E-state index in [-0.39, 0.29) is 24.0 Å². The van der Waals surface area contributed by atoms with Gasteiger partial charge in [-0.05, 0) is 132 Å². The first-order chi connectivity index (χ1) is 22.4. The van der Waals surface area contributed by atoms with Gasteiger partial charge < -0.3 is 58.9 Å². The molecule has 0 fully saturated rings. The number of ether oxygens (including phenoxy) is 4. The second kappa shape index (κ2) is 18.7.